The molecule has 0 bridgehead atoms. The molecule has 0 aromatic heterocycles. The molecule has 0 saturated heterocycles. The third-order valence-corrected chi connectivity index (χ3v) is 3.13. The molecule has 0 spiro atoms. The zero-order valence-electron chi connectivity index (χ0n) is 13.4. The molecule has 5 nitrogen and oxygen atoms in total. The molecule has 0 radical (unpaired) electrons. The standard InChI is InChI=1S/C16H27N3O2/c1-12(9-14-5-7-15(21-4)8-6-14)10-18-16(17)19-13(2)11-20-3/h5-8,12-13H,9-11H2,1-4H3,(H3,17,18,19). The Bertz CT molecular complexity index is 432. The van der Waals surface area contributed by atoms with Gasteiger partial charge in [0.2, 0.25) is 0 Å². The highest BCUT2D eigenvalue weighted by Gasteiger charge is 2.05. The molecule has 21 heavy (non-hydrogen) atoms. The van der Waals surface area contributed by atoms with Gasteiger partial charge in [-0.2, -0.15) is 0 Å². The van der Waals surface area contributed by atoms with Crippen molar-refractivity contribution in [2.75, 3.05) is 27.4 Å². The molecule has 2 unspecified atom stereocenters. The quantitative estimate of drug-likeness (QED) is 0.566. The molecule has 0 fully saturated rings. The summed E-state index contributed by atoms with van der Waals surface area (Å²) in [6.07, 6.45) is 0.967. The van der Waals surface area contributed by atoms with E-state index in [4.69, 9.17) is 15.2 Å². The van der Waals surface area contributed by atoms with Crippen LogP contribution in [0.15, 0.2) is 29.3 Å². The van der Waals surface area contributed by atoms with Gasteiger partial charge in [-0.3, -0.25) is 4.99 Å². The second kappa shape index (κ2) is 9.23. The van der Waals surface area contributed by atoms with Crippen molar-refractivity contribution in [2.45, 2.75) is 26.3 Å². The van der Waals surface area contributed by atoms with E-state index in [9.17, 15) is 0 Å². The number of ether oxygens (including phenoxy) is 2. The van der Waals surface area contributed by atoms with E-state index in [1.165, 1.54) is 5.56 Å². The lowest BCUT2D eigenvalue weighted by Crippen LogP contribution is -2.41. The molecule has 0 amide bonds. The van der Waals surface area contributed by atoms with Crippen LogP contribution in [0.1, 0.15) is 19.4 Å². The van der Waals surface area contributed by atoms with Crippen molar-refractivity contribution in [3.8, 4) is 5.75 Å². The molecular weight excluding hydrogens is 266 g/mol. The number of nitrogens with two attached hydrogens (primary N) is 1. The molecular formula is C16H27N3O2. The van der Waals surface area contributed by atoms with E-state index in [1.54, 1.807) is 14.2 Å². The van der Waals surface area contributed by atoms with E-state index in [0.29, 0.717) is 25.0 Å². The molecule has 2 atom stereocenters. The van der Waals surface area contributed by atoms with Crippen LogP contribution in [0.3, 0.4) is 0 Å². The van der Waals surface area contributed by atoms with Crippen molar-refractivity contribution in [3.63, 3.8) is 0 Å². The van der Waals surface area contributed by atoms with Gasteiger partial charge in [0.25, 0.3) is 0 Å². The van der Waals surface area contributed by atoms with Gasteiger partial charge in [0.15, 0.2) is 5.96 Å². The van der Waals surface area contributed by atoms with Crippen LogP contribution in [-0.4, -0.2) is 39.4 Å². The Morgan fingerprint density at radius 3 is 2.48 bits per heavy atom. The van der Waals surface area contributed by atoms with Crippen molar-refractivity contribution in [1.29, 1.82) is 0 Å². The first-order valence-electron chi connectivity index (χ1n) is 7.23. The number of methoxy groups -OCH3 is 2. The maximum Gasteiger partial charge on any atom is 0.188 e. The lowest BCUT2D eigenvalue weighted by Gasteiger charge is -2.14. The summed E-state index contributed by atoms with van der Waals surface area (Å²) in [6.45, 7) is 5.48. The molecule has 0 saturated carbocycles. The summed E-state index contributed by atoms with van der Waals surface area (Å²) in [4.78, 5) is 4.38. The minimum Gasteiger partial charge on any atom is -0.497 e. The normalized spacial score (nSPS) is 14.6. The molecule has 3 N–H and O–H groups in total. The van der Waals surface area contributed by atoms with Gasteiger partial charge in [-0.25, -0.2) is 0 Å². The number of nitrogens with zero attached hydrogens (tertiary/aromatic N) is 1. The smallest absolute Gasteiger partial charge is 0.188 e. The van der Waals surface area contributed by atoms with Crippen LogP contribution in [0.25, 0.3) is 0 Å². The Balaban J connectivity index is 2.39. The van der Waals surface area contributed by atoms with E-state index >= 15 is 0 Å². The van der Waals surface area contributed by atoms with Gasteiger partial charge in [0.05, 0.1) is 13.7 Å². The fourth-order valence-electron chi connectivity index (χ4n) is 2.07. The van der Waals surface area contributed by atoms with Crippen molar-refractivity contribution >= 4 is 5.96 Å². The Kier molecular flexibility index (Phi) is 7.61. The lowest BCUT2D eigenvalue weighted by molar-refractivity contribution is 0.179. The van der Waals surface area contributed by atoms with Gasteiger partial charge in [-0.05, 0) is 37.0 Å². The number of benzene rings is 1. The van der Waals surface area contributed by atoms with E-state index in [1.807, 2.05) is 19.1 Å². The third kappa shape index (κ3) is 6.99. The number of hydrogen-bond acceptors (Lipinski definition) is 3. The van der Waals surface area contributed by atoms with Crippen LogP contribution < -0.4 is 15.8 Å². The Morgan fingerprint density at radius 2 is 1.90 bits per heavy atom. The number of aliphatic imine (C=N–C) groups is 1. The molecule has 118 valence electrons. The summed E-state index contributed by atoms with van der Waals surface area (Å²) < 4.78 is 10.2. The average Bonchev–Trinajstić information content (AvgIpc) is 2.46. The number of nitrogens with one attached hydrogen (secondary N) is 1. The maximum absolute atomic E-state index is 5.85. The van der Waals surface area contributed by atoms with Crippen LogP contribution in [0.4, 0.5) is 0 Å². The highest BCUT2D eigenvalue weighted by Crippen LogP contribution is 2.14. The molecule has 1 aromatic rings. The lowest BCUT2D eigenvalue weighted by atomic mass is 10.0. The maximum atomic E-state index is 5.85. The Hall–Kier alpha value is -1.75. The van der Waals surface area contributed by atoms with Crippen LogP contribution in [0, 0.1) is 5.92 Å². The van der Waals surface area contributed by atoms with Gasteiger partial charge in [-0.15, -0.1) is 0 Å². The summed E-state index contributed by atoms with van der Waals surface area (Å²) in [7, 11) is 3.34. The van der Waals surface area contributed by atoms with E-state index in [2.05, 4.69) is 29.4 Å². The van der Waals surface area contributed by atoms with Crippen LogP contribution in [0.2, 0.25) is 0 Å². The molecule has 1 rings (SSSR count). The van der Waals surface area contributed by atoms with Crippen LogP contribution >= 0.6 is 0 Å². The molecule has 0 heterocycles. The van der Waals surface area contributed by atoms with Gasteiger partial charge >= 0.3 is 0 Å². The fourth-order valence-corrected chi connectivity index (χ4v) is 2.07. The first-order valence-corrected chi connectivity index (χ1v) is 7.23. The summed E-state index contributed by atoms with van der Waals surface area (Å²) in [5.74, 6) is 1.78. The highest BCUT2D eigenvalue weighted by molar-refractivity contribution is 5.78. The second-order valence-electron chi connectivity index (χ2n) is 5.38. The summed E-state index contributed by atoms with van der Waals surface area (Å²) in [5, 5.41) is 3.10. The summed E-state index contributed by atoms with van der Waals surface area (Å²) in [5.41, 5.74) is 7.13. The molecule has 5 heteroatoms. The average molecular weight is 293 g/mol. The first-order chi connectivity index (χ1) is 10.0. The first kappa shape index (κ1) is 17.3. The van der Waals surface area contributed by atoms with Crippen molar-refractivity contribution in [2.24, 2.45) is 16.6 Å². The van der Waals surface area contributed by atoms with Crippen LogP contribution in [-0.2, 0) is 11.2 Å². The van der Waals surface area contributed by atoms with E-state index < -0.39 is 0 Å². The second-order valence-corrected chi connectivity index (χ2v) is 5.38. The minimum atomic E-state index is 0.163. The van der Waals surface area contributed by atoms with E-state index in [-0.39, 0.29) is 6.04 Å². The van der Waals surface area contributed by atoms with Crippen molar-refractivity contribution in [3.05, 3.63) is 29.8 Å². The number of hydrogen-bond donors (Lipinski definition) is 2. The molecule has 1 aromatic carbocycles. The summed E-state index contributed by atoms with van der Waals surface area (Å²) >= 11 is 0. The topological polar surface area (TPSA) is 68.9 Å². The highest BCUT2D eigenvalue weighted by atomic mass is 16.5. The minimum absolute atomic E-state index is 0.163. The molecule has 0 aliphatic rings. The Morgan fingerprint density at radius 1 is 1.24 bits per heavy atom. The SMILES string of the molecule is COCC(C)NC(N)=NCC(C)Cc1ccc(OC)cc1. The largest absolute Gasteiger partial charge is 0.497 e. The zero-order valence-corrected chi connectivity index (χ0v) is 13.4. The fraction of sp³-hybridized carbons (Fsp3) is 0.562. The predicted molar refractivity (Wildman–Crippen MR) is 86.8 cm³/mol. The van der Waals surface area contributed by atoms with Crippen LogP contribution in [0.5, 0.6) is 5.75 Å². The molecule has 0 aliphatic carbocycles. The monoisotopic (exact) mass is 293 g/mol. The zero-order chi connectivity index (χ0) is 15.7. The van der Waals surface area contributed by atoms with Crippen molar-refractivity contribution < 1.29 is 9.47 Å². The van der Waals surface area contributed by atoms with Crippen molar-refractivity contribution in [1.82, 2.24) is 5.32 Å². The third-order valence-electron chi connectivity index (χ3n) is 3.13. The van der Waals surface area contributed by atoms with Gasteiger partial charge in [-0.1, -0.05) is 19.1 Å². The van der Waals surface area contributed by atoms with Gasteiger partial charge in [0, 0.05) is 19.7 Å². The Labute approximate surface area is 127 Å². The van der Waals surface area contributed by atoms with E-state index in [0.717, 1.165) is 12.2 Å². The number of guanidine groups is 1. The van der Waals surface area contributed by atoms with Gasteiger partial charge in [0.1, 0.15) is 5.75 Å². The predicted octanol–water partition coefficient (Wildman–Crippen LogP) is 1.81. The summed E-state index contributed by atoms with van der Waals surface area (Å²) in [6, 6.07) is 8.29. The molecule has 0 aliphatic heterocycles. The number of rotatable bonds is 8. The van der Waals surface area contributed by atoms with Gasteiger partial charge < -0.3 is 20.5 Å².